The van der Waals surface area contributed by atoms with E-state index in [1.807, 2.05) is 12.1 Å². The number of furan rings is 1. The smallest absolute Gasteiger partial charge is 0.244 e. The lowest BCUT2D eigenvalue weighted by Crippen LogP contribution is -2.47. The van der Waals surface area contributed by atoms with Gasteiger partial charge in [-0.05, 0) is 49.5 Å². The van der Waals surface area contributed by atoms with Crippen molar-refractivity contribution in [2.24, 2.45) is 5.92 Å². The van der Waals surface area contributed by atoms with E-state index >= 15 is 0 Å². The molecular formula is C20H24N4O2. The van der Waals surface area contributed by atoms with E-state index in [9.17, 15) is 4.79 Å². The number of aromatic nitrogens is 2. The van der Waals surface area contributed by atoms with Crippen molar-refractivity contribution in [2.75, 3.05) is 18.0 Å². The normalized spacial score (nSPS) is 25.4. The Morgan fingerprint density at radius 3 is 2.92 bits per heavy atom. The quantitative estimate of drug-likeness (QED) is 0.838. The number of amides is 1. The molecule has 26 heavy (non-hydrogen) atoms. The molecule has 1 N–H and O–H groups in total. The first-order chi connectivity index (χ1) is 12.7. The molecule has 2 aromatic heterocycles. The number of piperidine rings is 1. The third kappa shape index (κ3) is 3.95. The molecule has 0 bridgehead atoms. The Bertz CT molecular complexity index is 786. The standard InChI is InChI=1S/C20H24N4O2/c1-14-12-17(14)18-7-5-16(26-18)6-8-19(25)23-15-4-2-11-24(13-15)20-21-9-3-10-22-20/h3,5-10,14-15,17H,2,4,11-13H2,1H3,(H,23,25)/b8-6+/t14-,15-,17-/m1/s1. The van der Waals surface area contributed by atoms with Crippen molar-refractivity contribution in [1.82, 2.24) is 15.3 Å². The molecule has 1 amide bonds. The van der Waals surface area contributed by atoms with Crippen molar-refractivity contribution < 1.29 is 9.21 Å². The highest BCUT2D eigenvalue weighted by Gasteiger charge is 2.36. The number of carbonyl (C=O) groups excluding carboxylic acids is 1. The molecule has 2 aromatic rings. The van der Waals surface area contributed by atoms with Gasteiger partial charge in [-0.25, -0.2) is 9.97 Å². The van der Waals surface area contributed by atoms with Crippen LogP contribution in [0.5, 0.6) is 0 Å². The number of nitrogens with one attached hydrogen (secondary N) is 1. The summed E-state index contributed by atoms with van der Waals surface area (Å²) in [5, 5.41) is 3.07. The Balaban J connectivity index is 1.30. The van der Waals surface area contributed by atoms with E-state index in [0.717, 1.165) is 43.4 Å². The largest absolute Gasteiger partial charge is 0.461 e. The van der Waals surface area contributed by atoms with E-state index in [1.165, 1.54) is 6.42 Å². The molecule has 1 saturated carbocycles. The first-order valence-electron chi connectivity index (χ1n) is 9.29. The summed E-state index contributed by atoms with van der Waals surface area (Å²) < 4.78 is 5.80. The molecule has 1 aliphatic heterocycles. The van der Waals surface area contributed by atoms with Crippen LogP contribution >= 0.6 is 0 Å². The van der Waals surface area contributed by atoms with Crippen molar-refractivity contribution >= 4 is 17.9 Å². The monoisotopic (exact) mass is 352 g/mol. The zero-order valence-electron chi connectivity index (χ0n) is 15.0. The summed E-state index contributed by atoms with van der Waals surface area (Å²) in [6, 6.07) is 5.86. The summed E-state index contributed by atoms with van der Waals surface area (Å²) in [7, 11) is 0. The second kappa shape index (κ2) is 7.32. The van der Waals surface area contributed by atoms with Crippen molar-refractivity contribution in [1.29, 1.82) is 0 Å². The fourth-order valence-electron chi connectivity index (χ4n) is 3.51. The van der Waals surface area contributed by atoms with E-state index in [4.69, 9.17) is 4.42 Å². The molecule has 0 radical (unpaired) electrons. The van der Waals surface area contributed by atoms with E-state index in [2.05, 4.69) is 27.1 Å². The van der Waals surface area contributed by atoms with Gasteiger partial charge in [0.2, 0.25) is 11.9 Å². The van der Waals surface area contributed by atoms with Gasteiger partial charge in [-0.1, -0.05) is 6.92 Å². The summed E-state index contributed by atoms with van der Waals surface area (Å²) in [5.74, 6) is 3.66. The van der Waals surface area contributed by atoms with Gasteiger partial charge in [0, 0.05) is 43.5 Å². The Morgan fingerprint density at radius 1 is 1.35 bits per heavy atom. The van der Waals surface area contributed by atoms with E-state index in [0.29, 0.717) is 11.8 Å². The lowest BCUT2D eigenvalue weighted by Gasteiger charge is -2.32. The molecule has 0 spiro atoms. The highest BCUT2D eigenvalue weighted by Crippen LogP contribution is 2.47. The third-order valence-electron chi connectivity index (χ3n) is 5.12. The number of carbonyl (C=O) groups is 1. The second-order valence-electron chi connectivity index (χ2n) is 7.24. The first-order valence-corrected chi connectivity index (χ1v) is 9.29. The van der Waals surface area contributed by atoms with Crippen molar-refractivity contribution in [3.05, 3.63) is 48.2 Å². The predicted octanol–water partition coefficient (Wildman–Crippen LogP) is 2.99. The highest BCUT2D eigenvalue weighted by molar-refractivity contribution is 5.91. The van der Waals surface area contributed by atoms with E-state index in [1.54, 1.807) is 30.6 Å². The molecule has 1 aliphatic carbocycles. The van der Waals surface area contributed by atoms with Crippen LogP contribution in [0.4, 0.5) is 5.95 Å². The van der Waals surface area contributed by atoms with Crippen LogP contribution in [0.3, 0.4) is 0 Å². The van der Waals surface area contributed by atoms with Gasteiger partial charge in [0.15, 0.2) is 0 Å². The van der Waals surface area contributed by atoms with Crippen LogP contribution in [0.15, 0.2) is 41.1 Å². The maximum atomic E-state index is 12.2. The van der Waals surface area contributed by atoms with Gasteiger partial charge < -0.3 is 14.6 Å². The molecule has 2 fully saturated rings. The van der Waals surface area contributed by atoms with Crippen LogP contribution < -0.4 is 10.2 Å². The lowest BCUT2D eigenvalue weighted by molar-refractivity contribution is -0.117. The van der Waals surface area contributed by atoms with Crippen LogP contribution in [0, 0.1) is 5.92 Å². The zero-order chi connectivity index (χ0) is 17.9. The Morgan fingerprint density at radius 2 is 2.15 bits per heavy atom. The van der Waals surface area contributed by atoms with E-state index < -0.39 is 0 Å². The van der Waals surface area contributed by atoms with Crippen molar-refractivity contribution in [3.8, 4) is 0 Å². The topological polar surface area (TPSA) is 71.3 Å². The molecule has 4 rings (SSSR count). The Labute approximate surface area is 153 Å². The number of nitrogens with zero attached hydrogens (tertiary/aromatic N) is 3. The summed E-state index contributed by atoms with van der Waals surface area (Å²) in [6.07, 6.45) is 9.95. The number of rotatable bonds is 5. The van der Waals surface area contributed by atoms with Gasteiger partial charge in [0.25, 0.3) is 0 Å². The molecular weight excluding hydrogens is 328 g/mol. The minimum Gasteiger partial charge on any atom is -0.461 e. The van der Waals surface area contributed by atoms with Gasteiger partial charge in [-0.2, -0.15) is 0 Å². The molecule has 3 atom stereocenters. The molecule has 6 nitrogen and oxygen atoms in total. The number of anilines is 1. The third-order valence-corrected chi connectivity index (χ3v) is 5.12. The van der Waals surface area contributed by atoms with Gasteiger partial charge in [-0.3, -0.25) is 4.79 Å². The highest BCUT2D eigenvalue weighted by atomic mass is 16.3. The van der Waals surface area contributed by atoms with E-state index in [-0.39, 0.29) is 11.9 Å². The molecule has 3 heterocycles. The van der Waals surface area contributed by atoms with Crippen LogP contribution in [-0.2, 0) is 4.79 Å². The molecule has 0 unspecified atom stereocenters. The van der Waals surface area contributed by atoms with Crippen molar-refractivity contribution in [3.63, 3.8) is 0 Å². The molecule has 1 saturated heterocycles. The number of hydrogen-bond donors (Lipinski definition) is 1. The summed E-state index contributed by atoms with van der Waals surface area (Å²) in [6.45, 7) is 3.87. The summed E-state index contributed by atoms with van der Waals surface area (Å²) in [4.78, 5) is 23.0. The molecule has 2 aliphatic rings. The minimum absolute atomic E-state index is 0.0939. The van der Waals surface area contributed by atoms with Crippen LogP contribution in [-0.4, -0.2) is 35.0 Å². The Kier molecular flexibility index (Phi) is 4.73. The Hall–Kier alpha value is -2.63. The number of hydrogen-bond acceptors (Lipinski definition) is 5. The second-order valence-corrected chi connectivity index (χ2v) is 7.24. The van der Waals surface area contributed by atoms with Crippen molar-refractivity contribution in [2.45, 2.75) is 38.1 Å². The average molecular weight is 352 g/mol. The van der Waals surface area contributed by atoms with Gasteiger partial charge in [0.05, 0.1) is 0 Å². The predicted molar refractivity (Wildman–Crippen MR) is 99.7 cm³/mol. The van der Waals surface area contributed by atoms with Gasteiger partial charge >= 0.3 is 0 Å². The van der Waals surface area contributed by atoms with Crippen LogP contribution in [0.2, 0.25) is 0 Å². The SMILES string of the molecule is C[C@@H]1C[C@H]1c1ccc(/C=C/C(=O)N[C@@H]2CCCN(c3ncccn3)C2)o1. The van der Waals surface area contributed by atoms with Gasteiger partial charge in [0.1, 0.15) is 11.5 Å². The minimum atomic E-state index is -0.0939. The van der Waals surface area contributed by atoms with Crippen LogP contribution in [0.1, 0.15) is 43.6 Å². The fourth-order valence-corrected chi connectivity index (χ4v) is 3.51. The van der Waals surface area contributed by atoms with Crippen LogP contribution in [0.25, 0.3) is 6.08 Å². The molecule has 0 aromatic carbocycles. The van der Waals surface area contributed by atoms with Gasteiger partial charge in [-0.15, -0.1) is 0 Å². The lowest BCUT2D eigenvalue weighted by atomic mass is 10.1. The fraction of sp³-hybridized carbons (Fsp3) is 0.450. The summed E-state index contributed by atoms with van der Waals surface area (Å²) in [5.41, 5.74) is 0. The molecule has 136 valence electrons. The maximum absolute atomic E-state index is 12.2. The zero-order valence-corrected chi connectivity index (χ0v) is 15.0. The summed E-state index contributed by atoms with van der Waals surface area (Å²) >= 11 is 0. The molecule has 6 heteroatoms. The average Bonchev–Trinajstić information content (AvgIpc) is 3.21. The maximum Gasteiger partial charge on any atom is 0.244 e. The first kappa shape index (κ1) is 16.8.